The molecule has 6 nitrogen and oxygen atoms in total. The Morgan fingerprint density at radius 1 is 0.241 bits per heavy atom. The zero-order chi connectivity index (χ0) is 59.9. The van der Waals surface area contributed by atoms with Crippen molar-refractivity contribution in [3.8, 4) is 0 Å². The average molecular weight is 1160 g/mol. The fraction of sp³-hybridized carbons (Fsp3) is 0.857. The zero-order valence-corrected chi connectivity index (χ0v) is 56.0. The minimum atomic E-state index is -0.778. The Labute approximate surface area is 518 Å². The number of ether oxygens (including phenoxy) is 3. The van der Waals surface area contributed by atoms with Crippen molar-refractivity contribution in [2.24, 2.45) is 0 Å². The van der Waals surface area contributed by atoms with Gasteiger partial charge in [-0.1, -0.05) is 333 Å². The van der Waals surface area contributed by atoms with E-state index in [-0.39, 0.29) is 31.1 Å². The smallest absolute Gasteiger partial charge is 0.306 e. The summed E-state index contributed by atoms with van der Waals surface area (Å²) >= 11 is 0. The Bertz CT molecular complexity index is 1430. The molecular weight excluding hydrogens is 1020 g/mol. The van der Waals surface area contributed by atoms with Crippen molar-refractivity contribution in [2.75, 3.05) is 13.2 Å². The van der Waals surface area contributed by atoms with Crippen LogP contribution < -0.4 is 0 Å². The molecule has 486 valence electrons. The molecule has 0 aliphatic heterocycles. The lowest BCUT2D eigenvalue weighted by Gasteiger charge is -2.18. The van der Waals surface area contributed by atoms with E-state index in [0.29, 0.717) is 19.3 Å². The molecule has 0 spiro atoms. The van der Waals surface area contributed by atoms with Crippen LogP contribution in [0, 0.1) is 0 Å². The summed E-state index contributed by atoms with van der Waals surface area (Å²) in [5, 5.41) is 0. The van der Waals surface area contributed by atoms with E-state index in [0.717, 1.165) is 70.6 Å². The molecule has 0 fully saturated rings. The summed E-state index contributed by atoms with van der Waals surface area (Å²) in [6.45, 7) is 6.68. The van der Waals surface area contributed by atoms with Crippen molar-refractivity contribution in [2.45, 2.75) is 412 Å². The summed E-state index contributed by atoms with van der Waals surface area (Å²) in [4.78, 5) is 38.4. The van der Waals surface area contributed by atoms with Crippen LogP contribution >= 0.6 is 0 Å². The maximum absolute atomic E-state index is 12.9. The van der Waals surface area contributed by atoms with Gasteiger partial charge >= 0.3 is 17.9 Å². The predicted molar refractivity (Wildman–Crippen MR) is 362 cm³/mol. The minimum absolute atomic E-state index is 0.0727. The van der Waals surface area contributed by atoms with E-state index in [1.807, 2.05) is 0 Å². The van der Waals surface area contributed by atoms with E-state index in [2.05, 4.69) is 69.4 Å². The molecule has 0 saturated heterocycles. The lowest BCUT2D eigenvalue weighted by Crippen LogP contribution is -2.30. The fourth-order valence-electron chi connectivity index (χ4n) is 11.2. The molecular formula is C77H142O6. The van der Waals surface area contributed by atoms with Gasteiger partial charge in [0.1, 0.15) is 13.2 Å². The first kappa shape index (κ1) is 80.4. The molecule has 0 aromatic heterocycles. The van der Waals surface area contributed by atoms with Crippen LogP contribution in [0.15, 0.2) is 48.6 Å². The molecule has 0 aromatic carbocycles. The Morgan fingerprint density at radius 2 is 0.434 bits per heavy atom. The Kier molecular flexibility index (Phi) is 69.6. The maximum atomic E-state index is 12.9. The highest BCUT2D eigenvalue weighted by atomic mass is 16.6. The van der Waals surface area contributed by atoms with Crippen molar-refractivity contribution in [3.05, 3.63) is 48.6 Å². The summed E-state index contributed by atoms with van der Waals surface area (Å²) in [5.41, 5.74) is 0. The summed E-state index contributed by atoms with van der Waals surface area (Å²) in [6.07, 6.45) is 91.6. The molecule has 0 heterocycles. The third-order valence-electron chi connectivity index (χ3n) is 16.8. The van der Waals surface area contributed by atoms with Crippen LogP contribution in [0.2, 0.25) is 0 Å². The summed E-state index contributed by atoms with van der Waals surface area (Å²) in [6, 6.07) is 0. The lowest BCUT2D eigenvalue weighted by molar-refractivity contribution is -0.167. The number of carbonyl (C=O) groups is 3. The van der Waals surface area contributed by atoms with Gasteiger partial charge < -0.3 is 14.2 Å². The van der Waals surface area contributed by atoms with Crippen LogP contribution in [0.5, 0.6) is 0 Å². The molecule has 0 amide bonds. The van der Waals surface area contributed by atoms with Crippen LogP contribution in [-0.2, 0) is 28.6 Å². The SMILES string of the molecule is CCCCCCC/C=C\C/C=C\CCCCCCCCCCCCCCCCCCCCCCCC(=O)OCC(COC(=O)CCCCCCC/C=C\CCCCCCCC)OC(=O)CCCCCCCCC/C=C\CCCCCCCC. The molecule has 0 aromatic rings. The highest BCUT2D eigenvalue weighted by molar-refractivity contribution is 5.71. The highest BCUT2D eigenvalue weighted by Crippen LogP contribution is 2.18. The molecule has 0 aliphatic rings. The standard InChI is InChI=1S/C77H142O6/c1-4-7-10-13-16-19-22-25-28-30-31-32-33-34-35-36-37-38-39-40-41-42-43-44-45-47-49-52-55-58-61-64-67-70-76(79)82-73-74(72-81-75(78)69-66-63-60-57-54-51-48-27-24-21-18-15-12-9-6-3)83-77(80)71-68-65-62-59-56-53-50-46-29-26-23-20-17-14-11-8-5-2/h22,25-27,29-31,48,74H,4-21,23-24,28,32-47,49-73H2,1-3H3/b25-22-,29-26-,31-30-,48-27-. The molecule has 0 radical (unpaired) electrons. The highest BCUT2D eigenvalue weighted by Gasteiger charge is 2.19. The molecule has 0 saturated carbocycles. The monoisotopic (exact) mass is 1160 g/mol. The Morgan fingerprint density at radius 3 is 0.675 bits per heavy atom. The molecule has 0 bridgehead atoms. The summed E-state index contributed by atoms with van der Waals surface area (Å²) < 4.78 is 17.0. The number of carbonyl (C=O) groups excluding carboxylic acids is 3. The van der Waals surface area contributed by atoms with E-state index in [4.69, 9.17) is 14.2 Å². The van der Waals surface area contributed by atoms with Crippen LogP contribution in [0.3, 0.4) is 0 Å². The Hall–Kier alpha value is -2.63. The fourth-order valence-corrected chi connectivity index (χ4v) is 11.2. The quantitative estimate of drug-likeness (QED) is 0.0261. The molecule has 0 rings (SSSR count). The molecule has 1 atom stereocenters. The van der Waals surface area contributed by atoms with E-state index >= 15 is 0 Å². The van der Waals surface area contributed by atoms with Gasteiger partial charge in [-0.2, -0.15) is 0 Å². The molecule has 0 aliphatic carbocycles. The summed E-state index contributed by atoms with van der Waals surface area (Å²) in [7, 11) is 0. The largest absolute Gasteiger partial charge is 0.462 e. The number of esters is 3. The second-order valence-corrected chi connectivity index (χ2v) is 25.2. The second kappa shape index (κ2) is 71.8. The lowest BCUT2D eigenvalue weighted by atomic mass is 10.0. The number of unbranched alkanes of at least 4 members (excludes halogenated alkanes) is 50. The van der Waals surface area contributed by atoms with Crippen molar-refractivity contribution >= 4 is 17.9 Å². The summed E-state index contributed by atoms with van der Waals surface area (Å²) in [5.74, 6) is -0.859. The molecule has 83 heavy (non-hydrogen) atoms. The second-order valence-electron chi connectivity index (χ2n) is 25.2. The van der Waals surface area contributed by atoms with Crippen molar-refractivity contribution in [1.29, 1.82) is 0 Å². The van der Waals surface area contributed by atoms with Crippen LogP contribution in [0.1, 0.15) is 406 Å². The minimum Gasteiger partial charge on any atom is -0.462 e. The first-order valence-corrected chi connectivity index (χ1v) is 37.1. The van der Waals surface area contributed by atoms with Crippen molar-refractivity contribution in [1.82, 2.24) is 0 Å². The predicted octanol–water partition coefficient (Wildman–Crippen LogP) is 25.7. The Balaban J connectivity index is 4.15. The van der Waals surface area contributed by atoms with Crippen LogP contribution in [0.25, 0.3) is 0 Å². The zero-order valence-electron chi connectivity index (χ0n) is 56.0. The van der Waals surface area contributed by atoms with Crippen molar-refractivity contribution in [3.63, 3.8) is 0 Å². The van der Waals surface area contributed by atoms with E-state index in [1.54, 1.807) is 0 Å². The van der Waals surface area contributed by atoms with E-state index in [1.165, 1.54) is 295 Å². The van der Waals surface area contributed by atoms with Gasteiger partial charge in [-0.25, -0.2) is 0 Å². The van der Waals surface area contributed by atoms with Gasteiger partial charge in [0.15, 0.2) is 6.10 Å². The first-order chi connectivity index (χ1) is 41.0. The average Bonchev–Trinajstić information content (AvgIpc) is 3.49. The van der Waals surface area contributed by atoms with Gasteiger partial charge in [0.25, 0.3) is 0 Å². The van der Waals surface area contributed by atoms with Crippen molar-refractivity contribution < 1.29 is 28.6 Å². The third kappa shape index (κ3) is 70.0. The number of allylic oxidation sites excluding steroid dienone is 8. The van der Waals surface area contributed by atoms with Gasteiger partial charge in [-0.3, -0.25) is 14.4 Å². The van der Waals surface area contributed by atoms with Crippen LogP contribution in [0.4, 0.5) is 0 Å². The number of hydrogen-bond donors (Lipinski definition) is 0. The van der Waals surface area contributed by atoms with Crippen LogP contribution in [-0.4, -0.2) is 37.2 Å². The van der Waals surface area contributed by atoms with E-state index in [9.17, 15) is 14.4 Å². The molecule has 0 N–H and O–H groups in total. The number of rotatable bonds is 69. The van der Waals surface area contributed by atoms with Gasteiger partial charge in [-0.15, -0.1) is 0 Å². The van der Waals surface area contributed by atoms with Gasteiger partial charge in [0.2, 0.25) is 0 Å². The molecule has 6 heteroatoms. The van der Waals surface area contributed by atoms with E-state index < -0.39 is 6.10 Å². The third-order valence-corrected chi connectivity index (χ3v) is 16.8. The topological polar surface area (TPSA) is 78.9 Å². The number of hydrogen-bond acceptors (Lipinski definition) is 6. The van der Waals surface area contributed by atoms with Gasteiger partial charge in [0.05, 0.1) is 0 Å². The first-order valence-electron chi connectivity index (χ1n) is 37.1. The van der Waals surface area contributed by atoms with Gasteiger partial charge in [-0.05, 0) is 103 Å². The normalized spacial score (nSPS) is 12.3. The van der Waals surface area contributed by atoms with Gasteiger partial charge in [0, 0.05) is 19.3 Å². The maximum Gasteiger partial charge on any atom is 0.306 e. The molecule has 1 unspecified atom stereocenters.